The van der Waals surface area contributed by atoms with E-state index in [9.17, 15) is 4.79 Å². The molecule has 0 saturated carbocycles. The molecule has 0 spiro atoms. The molecule has 3 rings (SSSR count). The van der Waals surface area contributed by atoms with Crippen LogP contribution in [0.4, 0.5) is 10.6 Å². The number of pyridine rings is 1. The van der Waals surface area contributed by atoms with Crippen LogP contribution in [-0.4, -0.2) is 25.1 Å². The Hall–Kier alpha value is -2.56. The number of hydrogen-bond acceptors (Lipinski definition) is 3. The Morgan fingerprint density at radius 3 is 2.69 bits per heavy atom. The zero-order chi connectivity index (χ0) is 18.5. The van der Waals surface area contributed by atoms with Crippen LogP contribution in [0.15, 0.2) is 36.5 Å². The topological polar surface area (TPSA) is 57.3 Å². The molecule has 0 bridgehead atoms. The fraction of sp³-hybridized carbons (Fsp3) is 0.429. The Kier molecular flexibility index (Phi) is 5.76. The fourth-order valence-electron chi connectivity index (χ4n) is 3.35. The fourth-order valence-corrected chi connectivity index (χ4v) is 3.35. The van der Waals surface area contributed by atoms with E-state index in [1.165, 1.54) is 36.0 Å². The molecule has 1 aliphatic carbocycles. The van der Waals surface area contributed by atoms with Crippen molar-refractivity contribution in [3.05, 3.63) is 58.8 Å². The highest BCUT2D eigenvalue weighted by molar-refractivity contribution is 5.74. The Morgan fingerprint density at radius 1 is 1.15 bits per heavy atom. The van der Waals surface area contributed by atoms with E-state index >= 15 is 0 Å². The lowest BCUT2D eigenvalue weighted by molar-refractivity contribution is 0.237. The number of rotatable bonds is 5. The SMILES string of the molecule is C[C@@H](NC(=O)NCc1ccnc(N(C)C)c1)c1ccc2c(c1)CCCC2. The molecule has 2 aromatic rings. The molecule has 0 unspecified atom stereocenters. The second-order valence-corrected chi connectivity index (χ2v) is 7.20. The summed E-state index contributed by atoms with van der Waals surface area (Å²) < 4.78 is 0. The maximum atomic E-state index is 12.3. The molecule has 1 aromatic carbocycles. The van der Waals surface area contributed by atoms with Gasteiger partial charge in [0.05, 0.1) is 6.04 Å². The van der Waals surface area contributed by atoms with Crippen LogP contribution in [0.2, 0.25) is 0 Å². The molecule has 1 heterocycles. The first-order chi connectivity index (χ1) is 12.5. The number of benzene rings is 1. The third-order valence-corrected chi connectivity index (χ3v) is 4.94. The molecule has 2 amide bonds. The van der Waals surface area contributed by atoms with E-state index in [4.69, 9.17) is 0 Å². The predicted molar refractivity (Wildman–Crippen MR) is 105 cm³/mol. The van der Waals surface area contributed by atoms with Crippen molar-refractivity contribution in [2.24, 2.45) is 0 Å². The number of nitrogens with zero attached hydrogens (tertiary/aromatic N) is 2. The van der Waals surface area contributed by atoms with Crippen LogP contribution in [0.5, 0.6) is 0 Å². The maximum absolute atomic E-state index is 12.3. The van der Waals surface area contributed by atoms with Gasteiger partial charge in [-0.25, -0.2) is 9.78 Å². The van der Waals surface area contributed by atoms with Gasteiger partial charge in [0.15, 0.2) is 0 Å². The van der Waals surface area contributed by atoms with Crippen molar-refractivity contribution in [2.75, 3.05) is 19.0 Å². The lowest BCUT2D eigenvalue weighted by Crippen LogP contribution is -2.36. The second kappa shape index (κ2) is 8.21. The van der Waals surface area contributed by atoms with E-state index in [2.05, 4.69) is 33.8 Å². The van der Waals surface area contributed by atoms with Gasteiger partial charge in [-0.15, -0.1) is 0 Å². The lowest BCUT2D eigenvalue weighted by atomic mass is 9.89. The summed E-state index contributed by atoms with van der Waals surface area (Å²) in [5.74, 6) is 0.882. The quantitative estimate of drug-likeness (QED) is 0.865. The van der Waals surface area contributed by atoms with E-state index in [1.807, 2.05) is 38.1 Å². The molecule has 138 valence electrons. The van der Waals surface area contributed by atoms with Crippen LogP contribution in [0, 0.1) is 0 Å². The normalized spacial score (nSPS) is 14.3. The van der Waals surface area contributed by atoms with Crippen LogP contribution in [-0.2, 0) is 19.4 Å². The van der Waals surface area contributed by atoms with E-state index < -0.39 is 0 Å². The molecule has 1 aromatic heterocycles. The second-order valence-electron chi connectivity index (χ2n) is 7.20. The van der Waals surface area contributed by atoms with Gasteiger partial charge in [-0.05, 0) is 67.0 Å². The number of fused-ring (bicyclic) bond motifs is 1. The van der Waals surface area contributed by atoms with Crippen LogP contribution in [0.3, 0.4) is 0 Å². The van der Waals surface area contributed by atoms with Gasteiger partial charge < -0.3 is 15.5 Å². The number of urea groups is 1. The van der Waals surface area contributed by atoms with Gasteiger partial charge in [0.25, 0.3) is 0 Å². The van der Waals surface area contributed by atoms with Crippen LogP contribution < -0.4 is 15.5 Å². The highest BCUT2D eigenvalue weighted by Gasteiger charge is 2.14. The van der Waals surface area contributed by atoms with Crippen molar-refractivity contribution in [1.82, 2.24) is 15.6 Å². The van der Waals surface area contributed by atoms with Crippen LogP contribution in [0.1, 0.15) is 48.1 Å². The molecule has 1 atom stereocenters. The highest BCUT2D eigenvalue weighted by Crippen LogP contribution is 2.24. The smallest absolute Gasteiger partial charge is 0.315 e. The predicted octanol–water partition coefficient (Wildman–Crippen LogP) is 3.59. The van der Waals surface area contributed by atoms with E-state index in [0.29, 0.717) is 6.54 Å². The molecule has 26 heavy (non-hydrogen) atoms. The largest absolute Gasteiger partial charge is 0.363 e. The molecule has 5 nitrogen and oxygen atoms in total. The number of anilines is 1. The number of carbonyl (C=O) groups is 1. The van der Waals surface area contributed by atoms with E-state index in [0.717, 1.165) is 17.8 Å². The minimum atomic E-state index is -0.154. The summed E-state index contributed by atoms with van der Waals surface area (Å²) in [5, 5.41) is 5.97. The minimum Gasteiger partial charge on any atom is -0.363 e. The summed E-state index contributed by atoms with van der Waals surface area (Å²) in [7, 11) is 3.90. The van der Waals surface area contributed by atoms with Gasteiger partial charge in [-0.1, -0.05) is 18.2 Å². The van der Waals surface area contributed by atoms with Crippen molar-refractivity contribution < 1.29 is 4.79 Å². The zero-order valence-electron chi connectivity index (χ0n) is 15.9. The van der Waals surface area contributed by atoms with Gasteiger partial charge in [0.1, 0.15) is 5.82 Å². The zero-order valence-corrected chi connectivity index (χ0v) is 15.9. The molecule has 0 radical (unpaired) electrons. The molecule has 2 N–H and O–H groups in total. The summed E-state index contributed by atoms with van der Waals surface area (Å²) in [6, 6.07) is 10.3. The monoisotopic (exact) mass is 352 g/mol. The van der Waals surface area contributed by atoms with Crippen molar-refractivity contribution in [3.8, 4) is 0 Å². The van der Waals surface area contributed by atoms with Gasteiger partial charge in [-0.2, -0.15) is 0 Å². The highest BCUT2D eigenvalue weighted by atomic mass is 16.2. The molecule has 1 aliphatic rings. The molecular formula is C21H28N4O. The standard InChI is InChI=1S/C21H28N4O/c1-15(18-9-8-17-6-4-5-7-19(17)13-18)24-21(26)23-14-16-10-11-22-20(12-16)25(2)3/h8-13,15H,4-7,14H2,1-3H3,(H2,23,24,26)/t15-/m1/s1. The Labute approximate surface area is 155 Å². The van der Waals surface area contributed by atoms with Crippen LogP contribution >= 0.6 is 0 Å². The van der Waals surface area contributed by atoms with Crippen molar-refractivity contribution in [1.29, 1.82) is 0 Å². The average Bonchev–Trinajstić information content (AvgIpc) is 2.66. The molecular weight excluding hydrogens is 324 g/mol. The summed E-state index contributed by atoms with van der Waals surface area (Å²) in [5.41, 5.74) is 5.10. The number of nitrogens with one attached hydrogen (secondary N) is 2. The Balaban J connectivity index is 1.55. The minimum absolute atomic E-state index is 0.0167. The third-order valence-electron chi connectivity index (χ3n) is 4.94. The summed E-state index contributed by atoms with van der Waals surface area (Å²) in [6.07, 6.45) is 6.64. The van der Waals surface area contributed by atoms with Gasteiger partial charge in [-0.3, -0.25) is 0 Å². The van der Waals surface area contributed by atoms with Crippen molar-refractivity contribution >= 4 is 11.8 Å². The first-order valence-electron chi connectivity index (χ1n) is 9.31. The summed E-state index contributed by atoms with van der Waals surface area (Å²) in [4.78, 5) is 18.5. The Bertz CT molecular complexity index is 772. The van der Waals surface area contributed by atoms with E-state index in [-0.39, 0.29) is 12.1 Å². The molecule has 0 aliphatic heterocycles. The van der Waals surface area contributed by atoms with Crippen LogP contribution in [0.25, 0.3) is 0 Å². The molecule has 5 heteroatoms. The summed E-state index contributed by atoms with van der Waals surface area (Å²) >= 11 is 0. The van der Waals surface area contributed by atoms with Crippen molar-refractivity contribution in [2.45, 2.75) is 45.2 Å². The number of amides is 2. The Morgan fingerprint density at radius 2 is 1.92 bits per heavy atom. The van der Waals surface area contributed by atoms with E-state index in [1.54, 1.807) is 6.20 Å². The lowest BCUT2D eigenvalue weighted by Gasteiger charge is -2.20. The summed E-state index contributed by atoms with van der Waals surface area (Å²) in [6.45, 7) is 2.51. The van der Waals surface area contributed by atoms with Crippen molar-refractivity contribution in [3.63, 3.8) is 0 Å². The number of aromatic nitrogens is 1. The third kappa shape index (κ3) is 4.54. The maximum Gasteiger partial charge on any atom is 0.315 e. The molecule has 0 fully saturated rings. The van der Waals surface area contributed by atoms with Gasteiger partial charge >= 0.3 is 6.03 Å². The van der Waals surface area contributed by atoms with Gasteiger partial charge in [0.2, 0.25) is 0 Å². The number of carbonyl (C=O) groups excluding carboxylic acids is 1. The number of hydrogen-bond donors (Lipinski definition) is 2. The first-order valence-corrected chi connectivity index (χ1v) is 9.31. The first kappa shape index (κ1) is 18.2. The average molecular weight is 352 g/mol. The molecule has 0 saturated heterocycles. The number of aryl methyl sites for hydroxylation is 2. The van der Waals surface area contributed by atoms with Gasteiger partial charge in [0, 0.05) is 26.8 Å².